The highest BCUT2D eigenvalue weighted by Crippen LogP contribution is 2.28. The second-order valence-electron chi connectivity index (χ2n) is 4.12. The van der Waals surface area contributed by atoms with Crippen LogP contribution in [-0.4, -0.2) is 44.0 Å². The quantitative estimate of drug-likeness (QED) is 0.772. The van der Waals surface area contributed by atoms with Gasteiger partial charge in [-0.25, -0.2) is 18.4 Å². The van der Waals surface area contributed by atoms with Crippen molar-refractivity contribution in [3.8, 4) is 0 Å². The number of nitrogens with one attached hydrogen (secondary N) is 2. The van der Waals surface area contributed by atoms with Gasteiger partial charge in [-0.2, -0.15) is 13.2 Å². The molecular formula is C10H15F3N4O2S. The lowest BCUT2D eigenvalue weighted by Crippen LogP contribution is -2.16. The fourth-order valence-corrected chi connectivity index (χ4v) is 2.01. The van der Waals surface area contributed by atoms with E-state index >= 15 is 0 Å². The van der Waals surface area contributed by atoms with E-state index in [9.17, 15) is 21.6 Å². The minimum Gasteiger partial charge on any atom is -0.373 e. The Balaban J connectivity index is 2.75. The number of nitrogens with zero attached hydrogens (tertiary/aromatic N) is 2. The van der Waals surface area contributed by atoms with Gasteiger partial charge in [-0.05, 0) is 6.42 Å². The highest BCUT2D eigenvalue weighted by molar-refractivity contribution is 7.90. The predicted octanol–water partition coefficient (Wildman–Crippen LogP) is 1.38. The molecule has 0 saturated heterocycles. The third-order valence-electron chi connectivity index (χ3n) is 2.23. The van der Waals surface area contributed by atoms with Crippen molar-refractivity contribution in [1.29, 1.82) is 0 Å². The number of sulfone groups is 1. The molecular weight excluding hydrogens is 297 g/mol. The highest BCUT2D eigenvalue weighted by Gasteiger charge is 2.35. The van der Waals surface area contributed by atoms with Crippen LogP contribution < -0.4 is 10.6 Å². The normalized spacial score (nSPS) is 12.2. The van der Waals surface area contributed by atoms with Crippen molar-refractivity contribution in [1.82, 2.24) is 9.97 Å². The Morgan fingerprint density at radius 2 is 1.85 bits per heavy atom. The van der Waals surface area contributed by atoms with Gasteiger partial charge in [-0.15, -0.1) is 0 Å². The first-order chi connectivity index (χ1) is 9.12. The number of anilines is 2. The van der Waals surface area contributed by atoms with Crippen LogP contribution in [0.15, 0.2) is 6.07 Å². The van der Waals surface area contributed by atoms with Gasteiger partial charge >= 0.3 is 6.18 Å². The van der Waals surface area contributed by atoms with E-state index in [1.165, 1.54) is 13.1 Å². The molecule has 6 nitrogen and oxygen atoms in total. The Labute approximate surface area is 114 Å². The van der Waals surface area contributed by atoms with Crippen molar-refractivity contribution >= 4 is 21.5 Å². The number of halogens is 3. The second kappa shape index (κ2) is 6.25. The first-order valence-electron chi connectivity index (χ1n) is 5.67. The van der Waals surface area contributed by atoms with Crippen molar-refractivity contribution in [2.24, 2.45) is 0 Å². The van der Waals surface area contributed by atoms with Crippen LogP contribution in [0.4, 0.5) is 24.8 Å². The van der Waals surface area contributed by atoms with E-state index in [0.717, 1.165) is 6.26 Å². The fraction of sp³-hybridized carbons (Fsp3) is 0.600. The highest BCUT2D eigenvalue weighted by atomic mass is 32.2. The van der Waals surface area contributed by atoms with Crippen molar-refractivity contribution < 1.29 is 21.6 Å². The van der Waals surface area contributed by atoms with Gasteiger partial charge in [0.25, 0.3) is 0 Å². The van der Waals surface area contributed by atoms with Crippen LogP contribution in [0.1, 0.15) is 12.2 Å². The van der Waals surface area contributed by atoms with Crippen LogP contribution in [-0.2, 0) is 16.0 Å². The molecule has 20 heavy (non-hydrogen) atoms. The van der Waals surface area contributed by atoms with Crippen molar-refractivity contribution in [2.75, 3.05) is 36.2 Å². The molecule has 0 saturated carbocycles. The summed E-state index contributed by atoms with van der Waals surface area (Å²) in [6.07, 6.45) is -3.27. The van der Waals surface area contributed by atoms with Gasteiger partial charge in [0, 0.05) is 25.9 Å². The molecule has 0 amide bonds. The third-order valence-corrected chi connectivity index (χ3v) is 3.26. The number of aromatic nitrogens is 2. The maximum atomic E-state index is 12.6. The molecule has 1 rings (SSSR count). The summed E-state index contributed by atoms with van der Waals surface area (Å²) in [5.41, 5.74) is 0. The molecule has 0 aliphatic rings. The Kier molecular flexibility index (Phi) is 5.15. The number of alkyl halides is 3. The minimum absolute atomic E-state index is 0.00910. The zero-order chi connectivity index (χ0) is 15.4. The van der Waals surface area contributed by atoms with Crippen molar-refractivity contribution in [3.63, 3.8) is 0 Å². The Bertz CT molecular complexity index is 560. The zero-order valence-corrected chi connectivity index (χ0v) is 11.8. The van der Waals surface area contributed by atoms with Gasteiger partial charge in [0.2, 0.25) is 5.82 Å². The summed E-state index contributed by atoms with van der Waals surface area (Å²) < 4.78 is 59.5. The summed E-state index contributed by atoms with van der Waals surface area (Å²) >= 11 is 0. The molecule has 0 atom stereocenters. The molecule has 0 unspecified atom stereocenters. The maximum Gasteiger partial charge on any atom is 0.451 e. The van der Waals surface area contributed by atoms with Gasteiger partial charge in [-0.3, -0.25) is 0 Å². The molecule has 2 N–H and O–H groups in total. The minimum atomic E-state index is -4.64. The predicted molar refractivity (Wildman–Crippen MR) is 69.4 cm³/mol. The molecule has 1 aromatic rings. The monoisotopic (exact) mass is 312 g/mol. The lowest BCUT2D eigenvalue weighted by atomic mass is 10.4. The Morgan fingerprint density at radius 3 is 2.35 bits per heavy atom. The van der Waals surface area contributed by atoms with E-state index in [-0.39, 0.29) is 30.4 Å². The molecule has 114 valence electrons. The van der Waals surface area contributed by atoms with Crippen molar-refractivity contribution in [2.45, 2.75) is 12.6 Å². The third kappa shape index (κ3) is 5.59. The Morgan fingerprint density at radius 1 is 1.25 bits per heavy atom. The summed E-state index contributed by atoms with van der Waals surface area (Å²) in [7, 11) is -1.65. The van der Waals surface area contributed by atoms with E-state index < -0.39 is 21.8 Å². The molecule has 0 radical (unpaired) electrons. The molecule has 10 heteroatoms. The summed E-state index contributed by atoms with van der Waals surface area (Å²) in [5, 5.41) is 5.16. The lowest BCUT2D eigenvalue weighted by molar-refractivity contribution is -0.144. The van der Waals surface area contributed by atoms with Crippen LogP contribution in [0.2, 0.25) is 0 Å². The second-order valence-corrected chi connectivity index (χ2v) is 6.38. The van der Waals surface area contributed by atoms with E-state index in [1.54, 1.807) is 0 Å². The Hall–Kier alpha value is -1.58. The molecule has 0 aliphatic heterocycles. The van der Waals surface area contributed by atoms with Gasteiger partial charge in [0.1, 0.15) is 21.5 Å². The molecule has 0 bridgehead atoms. The average Bonchev–Trinajstić information content (AvgIpc) is 2.32. The summed E-state index contributed by atoms with van der Waals surface area (Å²) in [6.45, 7) is 0.199. The first-order valence-corrected chi connectivity index (χ1v) is 7.73. The van der Waals surface area contributed by atoms with Crippen LogP contribution in [0.25, 0.3) is 0 Å². The topological polar surface area (TPSA) is 84.0 Å². The standard InChI is InChI=1S/C10H15F3N4O2S/c1-14-7-6-8(15-4-3-5-20(2,18)19)17-9(16-7)10(11,12)13/h6H,3-5H2,1-2H3,(H2,14,15,16,17). The van der Waals surface area contributed by atoms with Crippen molar-refractivity contribution in [3.05, 3.63) is 11.9 Å². The SMILES string of the molecule is CNc1cc(NCCCS(C)(=O)=O)nc(C(F)(F)F)n1. The maximum absolute atomic E-state index is 12.6. The van der Waals surface area contributed by atoms with Gasteiger partial charge in [0.05, 0.1) is 5.75 Å². The fourth-order valence-electron chi connectivity index (χ4n) is 1.34. The van der Waals surface area contributed by atoms with Crippen LogP contribution in [0.3, 0.4) is 0 Å². The summed E-state index contributed by atoms with van der Waals surface area (Å²) in [5.74, 6) is -1.28. The molecule has 0 fully saturated rings. The van der Waals surface area contributed by atoms with E-state index in [2.05, 4.69) is 20.6 Å². The number of hydrogen-bond donors (Lipinski definition) is 2. The lowest BCUT2D eigenvalue weighted by Gasteiger charge is -2.11. The van der Waals surface area contributed by atoms with E-state index in [4.69, 9.17) is 0 Å². The zero-order valence-electron chi connectivity index (χ0n) is 11.0. The number of hydrogen-bond acceptors (Lipinski definition) is 6. The van der Waals surface area contributed by atoms with E-state index in [0.29, 0.717) is 0 Å². The molecule has 1 heterocycles. The molecule has 0 aromatic carbocycles. The van der Waals surface area contributed by atoms with E-state index in [1.807, 2.05) is 0 Å². The van der Waals surface area contributed by atoms with Gasteiger partial charge in [-0.1, -0.05) is 0 Å². The summed E-state index contributed by atoms with van der Waals surface area (Å²) in [4.78, 5) is 6.66. The number of rotatable bonds is 6. The van der Waals surface area contributed by atoms with Crippen LogP contribution in [0, 0.1) is 0 Å². The average molecular weight is 312 g/mol. The molecule has 0 aliphatic carbocycles. The largest absolute Gasteiger partial charge is 0.451 e. The first kappa shape index (κ1) is 16.5. The molecule has 1 aromatic heterocycles. The van der Waals surface area contributed by atoms with Crippen LogP contribution >= 0.6 is 0 Å². The smallest absolute Gasteiger partial charge is 0.373 e. The van der Waals surface area contributed by atoms with Gasteiger partial charge < -0.3 is 10.6 Å². The summed E-state index contributed by atoms with van der Waals surface area (Å²) in [6, 6.07) is 1.32. The molecule has 0 spiro atoms. The van der Waals surface area contributed by atoms with Gasteiger partial charge in [0.15, 0.2) is 0 Å². The van der Waals surface area contributed by atoms with Crippen LogP contribution in [0.5, 0.6) is 0 Å².